The van der Waals surface area contributed by atoms with E-state index in [-0.39, 0.29) is 17.9 Å². The van der Waals surface area contributed by atoms with Gasteiger partial charge in [-0.25, -0.2) is 27.9 Å². The predicted octanol–water partition coefficient (Wildman–Crippen LogP) is 4.48. The van der Waals surface area contributed by atoms with Crippen LogP contribution in [0.15, 0.2) is 90.5 Å². The van der Waals surface area contributed by atoms with Crippen molar-refractivity contribution in [2.75, 3.05) is 6.54 Å². The maximum atomic E-state index is 13.0. The van der Waals surface area contributed by atoms with E-state index in [4.69, 9.17) is 9.90 Å². The number of aromatic nitrogens is 5. The number of aromatic amines is 1. The van der Waals surface area contributed by atoms with Gasteiger partial charge in [0.05, 0.1) is 35.3 Å². The zero-order valence-electron chi connectivity index (χ0n) is 22.2. The van der Waals surface area contributed by atoms with Gasteiger partial charge in [-0.15, -0.1) is 0 Å². The second-order valence-electron chi connectivity index (χ2n) is 9.06. The van der Waals surface area contributed by atoms with Gasteiger partial charge < -0.3 is 10.1 Å². The SMILES string of the molecule is N#CCC(c1cccc(S(=O)(=O)NCCc2ccccc2)c1)n1cc(-c2ncnc3[nH]ccc23)cn1.O=C(O)C(F)(F)F. The van der Waals surface area contributed by atoms with Crippen LogP contribution in [0, 0.1) is 11.3 Å². The second kappa shape index (κ2) is 13.3. The van der Waals surface area contributed by atoms with Gasteiger partial charge in [-0.3, -0.25) is 4.68 Å². The van der Waals surface area contributed by atoms with Crippen LogP contribution >= 0.6 is 0 Å². The quantitative estimate of drug-likeness (QED) is 0.219. The number of rotatable bonds is 9. The van der Waals surface area contributed by atoms with Crippen molar-refractivity contribution in [2.24, 2.45) is 0 Å². The van der Waals surface area contributed by atoms with Gasteiger partial charge in [-0.2, -0.15) is 23.5 Å². The van der Waals surface area contributed by atoms with Crippen LogP contribution in [0.4, 0.5) is 13.2 Å². The summed E-state index contributed by atoms with van der Waals surface area (Å²) in [4.78, 5) is 20.7. The average Bonchev–Trinajstić information content (AvgIpc) is 3.67. The number of aliphatic carboxylic acids is 1. The zero-order valence-corrected chi connectivity index (χ0v) is 23.0. The molecule has 43 heavy (non-hydrogen) atoms. The monoisotopic (exact) mass is 611 g/mol. The molecule has 1 atom stereocenters. The van der Waals surface area contributed by atoms with Crippen LogP contribution in [0.1, 0.15) is 23.6 Å². The number of carboxylic acids is 1. The van der Waals surface area contributed by atoms with E-state index in [9.17, 15) is 26.9 Å². The molecule has 0 fully saturated rings. The van der Waals surface area contributed by atoms with Gasteiger partial charge in [-0.1, -0.05) is 42.5 Å². The molecule has 1 unspecified atom stereocenters. The minimum atomic E-state index is -5.08. The summed E-state index contributed by atoms with van der Waals surface area (Å²) in [6, 6.07) is 20.0. The highest BCUT2D eigenvalue weighted by Gasteiger charge is 2.38. The lowest BCUT2D eigenvalue weighted by Gasteiger charge is -2.16. The van der Waals surface area contributed by atoms with Crippen LogP contribution in [-0.4, -0.2) is 56.9 Å². The highest BCUT2D eigenvalue weighted by molar-refractivity contribution is 7.89. The van der Waals surface area contributed by atoms with Crippen molar-refractivity contribution < 1.29 is 31.5 Å². The van der Waals surface area contributed by atoms with Crippen molar-refractivity contribution in [3.05, 3.63) is 96.7 Å². The number of nitrogens with one attached hydrogen (secondary N) is 2. The van der Waals surface area contributed by atoms with E-state index in [0.717, 1.165) is 27.9 Å². The molecule has 3 N–H and O–H groups in total. The fraction of sp³-hybridized carbons (Fsp3) is 0.179. The van der Waals surface area contributed by atoms with Gasteiger partial charge in [-0.05, 0) is 35.7 Å². The molecule has 0 radical (unpaired) electrons. The van der Waals surface area contributed by atoms with Crippen LogP contribution in [0.2, 0.25) is 0 Å². The fourth-order valence-corrected chi connectivity index (χ4v) is 5.22. The lowest BCUT2D eigenvalue weighted by Crippen LogP contribution is -2.26. The summed E-state index contributed by atoms with van der Waals surface area (Å²) < 4.78 is 62.0. The summed E-state index contributed by atoms with van der Waals surface area (Å²) in [5.74, 6) is -2.76. The van der Waals surface area contributed by atoms with Gasteiger partial charge >= 0.3 is 12.1 Å². The number of hydrogen-bond acceptors (Lipinski definition) is 7. The molecule has 5 aromatic rings. The Labute approximate surface area is 243 Å². The van der Waals surface area contributed by atoms with Crippen molar-refractivity contribution in [1.82, 2.24) is 29.5 Å². The van der Waals surface area contributed by atoms with Crippen LogP contribution in [0.5, 0.6) is 0 Å². The first-order chi connectivity index (χ1) is 20.5. The number of fused-ring (bicyclic) bond motifs is 1. The molecule has 0 saturated heterocycles. The molecule has 0 amide bonds. The number of nitriles is 1. The molecule has 222 valence electrons. The van der Waals surface area contributed by atoms with Crippen molar-refractivity contribution in [2.45, 2.75) is 30.0 Å². The summed E-state index contributed by atoms with van der Waals surface area (Å²) in [5.41, 5.74) is 3.95. The summed E-state index contributed by atoms with van der Waals surface area (Å²) in [5, 5.41) is 22.0. The summed E-state index contributed by atoms with van der Waals surface area (Å²) in [6.45, 7) is 0.285. The molecule has 0 spiro atoms. The molecule has 3 heterocycles. The molecule has 0 aliphatic rings. The topological polar surface area (TPSA) is 167 Å². The largest absolute Gasteiger partial charge is 0.490 e. The lowest BCUT2D eigenvalue weighted by molar-refractivity contribution is -0.192. The normalized spacial score (nSPS) is 12.2. The molecule has 11 nitrogen and oxygen atoms in total. The summed E-state index contributed by atoms with van der Waals surface area (Å²) in [6.07, 6.45) is 2.41. The first kappa shape index (κ1) is 30.9. The predicted molar refractivity (Wildman–Crippen MR) is 149 cm³/mol. The smallest absolute Gasteiger partial charge is 0.475 e. The fourth-order valence-electron chi connectivity index (χ4n) is 4.13. The van der Waals surface area contributed by atoms with Crippen LogP contribution in [-0.2, 0) is 21.2 Å². The zero-order chi connectivity index (χ0) is 31.0. The Morgan fingerprint density at radius 2 is 1.86 bits per heavy atom. The molecule has 0 bridgehead atoms. The molecule has 3 aromatic heterocycles. The van der Waals surface area contributed by atoms with Crippen molar-refractivity contribution in [1.29, 1.82) is 5.26 Å². The molecule has 5 rings (SSSR count). The van der Waals surface area contributed by atoms with E-state index in [1.165, 1.54) is 6.33 Å². The molecule has 15 heteroatoms. The first-order valence-corrected chi connectivity index (χ1v) is 14.1. The number of halogens is 3. The number of nitrogens with zero attached hydrogens (tertiary/aromatic N) is 5. The minimum Gasteiger partial charge on any atom is -0.475 e. The maximum Gasteiger partial charge on any atom is 0.490 e. The van der Waals surface area contributed by atoms with Crippen LogP contribution in [0.25, 0.3) is 22.3 Å². The van der Waals surface area contributed by atoms with Crippen LogP contribution < -0.4 is 4.72 Å². The number of sulfonamides is 1. The van der Waals surface area contributed by atoms with Gasteiger partial charge in [0.25, 0.3) is 0 Å². The third kappa shape index (κ3) is 7.82. The Morgan fingerprint density at radius 3 is 2.56 bits per heavy atom. The Kier molecular flexibility index (Phi) is 9.53. The Morgan fingerprint density at radius 1 is 1.12 bits per heavy atom. The molecular weight excluding hydrogens is 587 g/mol. The van der Waals surface area contributed by atoms with E-state index < -0.39 is 28.2 Å². The maximum absolute atomic E-state index is 13.0. The molecular formula is C28H24F3N7O4S. The molecule has 0 aliphatic heterocycles. The number of benzene rings is 2. The summed E-state index contributed by atoms with van der Waals surface area (Å²) >= 11 is 0. The Bertz CT molecular complexity index is 1850. The lowest BCUT2D eigenvalue weighted by atomic mass is 10.0. The van der Waals surface area contributed by atoms with E-state index in [0.29, 0.717) is 12.0 Å². The third-order valence-corrected chi connectivity index (χ3v) is 7.64. The van der Waals surface area contributed by atoms with Crippen LogP contribution in [0.3, 0.4) is 0 Å². The number of carbonyl (C=O) groups is 1. The van der Waals surface area contributed by atoms with Crippen molar-refractivity contribution >= 4 is 27.0 Å². The van der Waals surface area contributed by atoms with E-state index in [2.05, 4.69) is 30.8 Å². The summed E-state index contributed by atoms with van der Waals surface area (Å²) in [7, 11) is -3.72. The highest BCUT2D eigenvalue weighted by atomic mass is 32.2. The van der Waals surface area contributed by atoms with E-state index >= 15 is 0 Å². The molecule has 0 aliphatic carbocycles. The van der Waals surface area contributed by atoms with Gasteiger partial charge in [0, 0.05) is 29.9 Å². The minimum absolute atomic E-state index is 0.120. The standard InChI is InChI=1S/C26H23N7O2S.C2HF3O2/c27-12-9-24(33-17-21(16-31-33)25-23-11-13-28-26(23)30-18-29-25)20-7-4-8-22(15-20)36(34,35)32-14-10-19-5-2-1-3-6-19;3-2(4,5)1(6)7/h1-8,11,13,15-18,24,32H,9-10,14H2,(H,28,29,30);(H,6,7). The molecule has 0 saturated carbocycles. The molecule has 2 aromatic carbocycles. The number of alkyl halides is 3. The van der Waals surface area contributed by atoms with Crippen molar-refractivity contribution in [3.8, 4) is 17.3 Å². The third-order valence-electron chi connectivity index (χ3n) is 6.18. The first-order valence-electron chi connectivity index (χ1n) is 12.6. The average molecular weight is 612 g/mol. The van der Waals surface area contributed by atoms with Crippen molar-refractivity contribution in [3.63, 3.8) is 0 Å². The number of hydrogen-bond donors (Lipinski definition) is 3. The number of H-pyrrole nitrogens is 1. The van der Waals surface area contributed by atoms with Gasteiger partial charge in [0.15, 0.2) is 0 Å². The van der Waals surface area contributed by atoms with E-state index in [1.807, 2.05) is 42.6 Å². The number of carboxylic acid groups (broad SMARTS) is 1. The van der Waals surface area contributed by atoms with E-state index in [1.54, 1.807) is 41.3 Å². The Hall–Kier alpha value is -5.07. The van der Waals surface area contributed by atoms with Gasteiger partial charge in [0.2, 0.25) is 10.0 Å². The highest BCUT2D eigenvalue weighted by Crippen LogP contribution is 2.28. The van der Waals surface area contributed by atoms with Gasteiger partial charge in [0.1, 0.15) is 12.0 Å². The Balaban J connectivity index is 0.000000541. The second-order valence-corrected chi connectivity index (χ2v) is 10.8.